The predicted octanol–water partition coefficient (Wildman–Crippen LogP) is 1.54. The van der Waals surface area contributed by atoms with Crippen LogP contribution in [0.5, 0.6) is 0 Å². The zero-order valence-corrected chi connectivity index (χ0v) is 19.2. The Morgan fingerprint density at radius 1 is 1.39 bits per heavy atom. The number of rotatable bonds is 3. The van der Waals surface area contributed by atoms with Crippen LogP contribution in [0.3, 0.4) is 0 Å². The molecule has 1 aromatic rings. The molecule has 0 radical (unpaired) electrons. The third kappa shape index (κ3) is 3.37. The number of hydrogen-bond acceptors (Lipinski definition) is 7. The average Bonchev–Trinajstić information content (AvgIpc) is 3.07. The van der Waals surface area contributed by atoms with Gasteiger partial charge in [0.25, 0.3) is 5.91 Å². The number of hydrogen-bond donors (Lipinski definition) is 2. The fourth-order valence-corrected chi connectivity index (χ4v) is 6.74. The molecule has 0 bridgehead atoms. The molecule has 8 nitrogen and oxygen atoms in total. The number of fused-ring (bicyclic) bond motifs is 4. The number of nitrogens with two attached hydrogens (primary N) is 1. The molecule has 2 unspecified atom stereocenters. The second-order valence-corrected chi connectivity index (χ2v) is 9.95. The van der Waals surface area contributed by atoms with E-state index in [9.17, 15) is 15.2 Å². The molecule has 176 valence electrons. The van der Waals surface area contributed by atoms with Crippen molar-refractivity contribution in [2.45, 2.75) is 50.9 Å². The predicted molar refractivity (Wildman–Crippen MR) is 121 cm³/mol. The van der Waals surface area contributed by atoms with Crippen LogP contribution in [-0.2, 0) is 26.2 Å². The molecule has 2 fully saturated rings. The lowest BCUT2D eigenvalue weighted by Crippen LogP contribution is -2.58. The van der Waals surface area contributed by atoms with Gasteiger partial charge in [-0.25, -0.2) is 4.99 Å². The molecule has 3 N–H and O–H groups in total. The van der Waals surface area contributed by atoms with Crippen LogP contribution in [-0.4, -0.2) is 60.4 Å². The van der Waals surface area contributed by atoms with Crippen molar-refractivity contribution >= 4 is 11.9 Å². The van der Waals surface area contributed by atoms with Gasteiger partial charge in [0, 0.05) is 5.92 Å². The van der Waals surface area contributed by atoms with Crippen molar-refractivity contribution in [2.75, 3.05) is 26.4 Å². The van der Waals surface area contributed by atoms with E-state index in [2.05, 4.69) is 13.0 Å². The van der Waals surface area contributed by atoms with Gasteiger partial charge in [0.2, 0.25) is 0 Å². The molecule has 1 spiro atoms. The van der Waals surface area contributed by atoms with E-state index < -0.39 is 11.6 Å². The number of nitriles is 1. The lowest BCUT2D eigenvalue weighted by molar-refractivity contribution is -0.145. The number of aliphatic hydroxyl groups is 1. The molecular formula is C25H32N4O4. The van der Waals surface area contributed by atoms with Crippen LogP contribution in [0.1, 0.15) is 43.4 Å². The molecular weight excluding hydrogens is 420 g/mol. The minimum atomic E-state index is -1.23. The Bertz CT molecular complexity index is 1010. The number of aliphatic imine (C=N–C) groups is 1. The van der Waals surface area contributed by atoms with E-state index in [1.807, 2.05) is 19.1 Å². The van der Waals surface area contributed by atoms with Crippen molar-refractivity contribution < 1.29 is 19.4 Å². The van der Waals surface area contributed by atoms with E-state index in [1.54, 1.807) is 6.07 Å². The second kappa shape index (κ2) is 8.39. The van der Waals surface area contributed by atoms with Crippen molar-refractivity contribution in [3.63, 3.8) is 0 Å². The number of amides is 1. The second-order valence-electron chi connectivity index (χ2n) is 9.95. The summed E-state index contributed by atoms with van der Waals surface area (Å²) in [5.74, 6) is 0.0405. The number of ether oxygens (including phenoxy) is 2. The molecule has 1 aromatic carbocycles. The smallest absolute Gasteiger partial charge is 0.262 e. The maximum atomic E-state index is 14.3. The lowest BCUT2D eigenvalue weighted by atomic mass is 9.53. The van der Waals surface area contributed by atoms with Crippen LogP contribution in [0.25, 0.3) is 0 Å². The van der Waals surface area contributed by atoms with E-state index in [4.69, 9.17) is 20.2 Å². The van der Waals surface area contributed by atoms with Crippen molar-refractivity contribution in [3.8, 4) is 6.07 Å². The van der Waals surface area contributed by atoms with Gasteiger partial charge in [-0.15, -0.1) is 0 Å². The summed E-state index contributed by atoms with van der Waals surface area (Å²) < 4.78 is 11.3. The van der Waals surface area contributed by atoms with Crippen LogP contribution in [0.4, 0.5) is 0 Å². The van der Waals surface area contributed by atoms with Crippen LogP contribution < -0.4 is 5.73 Å². The van der Waals surface area contributed by atoms with Gasteiger partial charge in [0.05, 0.1) is 50.2 Å². The molecule has 0 aromatic heterocycles. The van der Waals surface area contributed by atoms with Gasteiger partial charge in [-0.3, -0.25) is 9.69 Å². The zero-order valence-electron chi connectivity index (χ0n) is 19.2. The van der Waals surface area contributed by atoms with Gasteiger partial charge < -0.3 is 20.3 Å². The number of benzene rings is 1. The molecule has 2 aliphatic carbocycles. The summed E-state index contributed by atoms with van der Waals surface area (Å²) in [6, 6.07) is 7.77. The Labute approximate surface area is 194 Å². The summed E-state index contributed by atoms with van der Waals surface area (Å²) in [7, 11) is 0. The quantitative estimate of drug-likeness (QED) is 0.718. The third-order valence-electron chi connectivity index (χ3n) is 8.25. The van der Waals surface area contributed by atoms with Crippen LogP contribution in [0, 0.1) is 35.0 Å². The Balaban J connectivity index is 1.62. The van der Waals surface area contributed by atoms with Gasteiger partial charge in [-0.2, -0.15) is 5.26 Å². The first kappa shape index (κ1) is 22.3. The van der Waals surface area contributed by atoms with Gasteiger partial charge in [0.1, 0.15) is 0 Å². The van der Waals surface area contributed by atoms with Crippen LogP contribution >= 0.6 is 0 Å². The monoisotopic (exact) mass is 452 g/mol. The Morgan fingerprint density at radius 3 is 2.91 bits per heavy atom. The highest BCUT2D eigenvalue weighted by atomic mass is 16.6. The van der Waals surface area contributed by atoms with Gasteiger partial charge in [0.15, 0.2) is 11.5 Å². The van der Waals surface area contributed by atoms with Crippen molar-refractivity contribution in [3.05, 3.63) is 34.9 Å². The van der Waals surface area contributed by atoms with E-state index in [0.29, 0.717) is 25.4 Å². The third-order valence-corrected chi connectivity index (χ3v) is 8.25. The van der Waals surface area contributed by atoms with Crippen molar-refractivity contribution in [2.24, 2.45) is 34.4 Å². The molecule has 1 saturated heterocycles. The standard InChI is InChI=1S/C25H32N4O4/c1-3-16-9-18-10-17-5-4-15(11-26)8-20(17)25(21(18)14(2)22(16)30)23(31)29(24(27)28-25)12-19-13-32-6-7-33-19/h4-5,8,14,16,18-19,21-22,30H,3,6-7,9-10,12-13H2,1-2H3,(H2,27,28)/t14-,16+,18?,19-,21?,22+,25-/m0/s1. The van der Waals surface area contributed by atoms with Crippen molar-refractivity contribution in [1.82, 2.24) is 4.90 Å². The number of carbonyl (C=O) groups is 1. The Morgan fingerprint density at radius 2 is 2.21 bits per heavy atom. The molecule has 4 aliphatic rings. The number of guanidine groups is 1. The lowest BCUT2D eigenvalue weighted by Gasteiger charge is -2.53. The molecule has 1 amide bonds. The highest BCUT2D eigenvalue weighted by Gasteiger charge is 2.63. The molecule has 8 heteroatoms. The maximum Gasteiger partial charge on any atom is 0.262 e. The largest absolute Gasteiger partial charge is 0.393 e. The summed E-state index contributed by atoms with van der Waals surface area (Å²) in [5, 5.41) is 20.7. The molecule has 33 heavy (non-hydrogen) atoms. The number of aliphatic hydroxyl groups excluding tert-OH is 1. The fraction of sp³-hybridized carbons (Fsp3) is 0.640. The SMILES string of the molecule is CC[C@@H]1CC2Cc3ccc(C#N)cc3[C@]3(N=C(N)N(C[C@H]4COCCO4)C3=O)C2[C@H](C)[C@H]1O. The first-order valence-corrected chi connectivity index (χ1v) is 12.0. The van der Waals surface area contributed by atoms with E-state index >= 15 is 0 Å². The topological polar surface area (TPSA) is 121 Å². The van der Waals surface area contributed by atoms with Gasteiger partial charge in [-0.1, -0.05) is 26.3 Å². The summed E-state index contributed by atoms with van der Waals surface area (Å²) in [5.41, 5.74) is 7.46. The summed E-state index contributed by atoms with van der Waals surface area (Å²) in [6.07, 6.45) is 1.77. The average molecular weight is 453 g/mol. The molecule has 2 heterocycles. The highest BCUT2D eigenvalue weighted by molar-refractivity contribution is 6.08. The number of nitrogens with zero attached hydrogens (tertiary/aromatic N) is 3. The normalized spacial score (nSPS) is 37.9. The van der Waals surface area contributed by atoms with Crippen LogP contribution in [0.2, 0.25) is 0 Å². The first-order valence-electron chi connectivity index (χ1n) is 12.0. The molecule has 5 rings (SSSR count). The van der Waals surface area contributed by atoms with Gasteiger partial charge in [-0.05, 0) is 53.9 Å². The summed E-state index contributed by atoms with van der Waals surface area (Å²) in [6.45, 7) is 5.84. The van der Waals surface area contributed by atoms with Crippen molar-refractivity contribution in [1.29, 1.82) is 5.26 Å². The van der Waals surface area contributed by atoms with Gasteiger partial charge >= 0.3 is 0 Å². The first-order chi connectivity index (χ1) is 15.9. The van der Waals surface area contributed by atoms with Crippen LogP contribution in [0.15, 0.2) is 23.2 Å². The summed E-state index contributed by atoms with van der Waals surface area (Å²) in [4.78, 5) is 20.7. The fourth-order valence-electron chi connectivity index (χ4n) is 6.74. The molecule has 7 atom stereocenters. The minimum Gasteiger partial charge on any atom is -0.393 e. The zero-order chi connectivity index (χ0) is 23.3. The molecule has 2 aliphatic heterocycles. The summed E-state index contributed by atoms with van der Waals surface area (Å²) >= 11 is 0. The van der Waals surface area contributed by atoms with E-state index in [1.165, 1.54) is 4.90 Å². The van der Waals surface area contributed by atoms with E-state index in [-0.39, 0.29) is 48.2 Å². The van der Waals surface area contributed by atoms with E-state index in [0.717, 1.165) is 30.4 Å². The molecule has 1 saturated carbocycles. The Hall–Kier alpha value is -2.47. The Kier molecular flexibility index (Phi) is 5.68. The maximum absolute atomic E-state index is 14.3. The minimum absolute atomic E-state index is 0.137. The highest BCUT2D eigenvalue weighted by Crippen LogP contribution is 2.57. The number of carbonyl (C=O) groups excluding carboxylic acids is 1.